The third-order valence-electron chi connectivity index (χ3n) is 4.81. The number of nitrogens with zero attached hydrogens (tertiary/aromatic N) is 2. The van der Waals surface area contributed by atoms with Gasteiger partial charge in [-0.25, -0.2) is 4.98 Å². The lowest BCUT2D eigenvalue weighted by Gasteiger charge is -2.20. The van der Waals surface area contributed by atoms with Crippen molar-refractivity contribution >= 4 is 17.5 Å². The van der Waals surface area contributed by atoms with E-state index in [4.69, 9.17) is 4.74 Å². The molecule has 0 aliphatic rings. The van der Waals surface area contributed by atoms with Crippen LogP contribution in [0.2, 0.25) is 0 Å². The maximum atomic E-state index is 11.5. The molecule has 0 aliphatic carbocycles. The molecule has 29 heavy (non-hydrogen) atoms. The molecule has 0 radical (unpaired) electrons. The summed E-state index contributed by atoms with van der Waals surface area (Å²) in [6.07, 6.45) is 2.54. The number of aryl methyl sites for hydroxylation is 2. The van der Waals surface area contributed by atoms with E-state index in [-0.39, 0.29) is 0 Å². The van der Waals surface area contributed by atoms with Crippen LogP contribution in [-0.4, -0.2) is 21.0 Å². The first-order chi connectivity index (χ1) is 13.8. The van der Waals surface area contributed by atoms with Gasteiger partial charge < -0.3 is 15.2 Å². The van der Waals surface area contributed by atoms with E-state index in [9.17, 15) is 9.90 Å². The first kappa shape index (κ1) is 20.3. The molecule has 150 valence electrons. The zero-order valence-electron chi connectivity index (χ0n) is 17.1. The number of carboxylic acids is 1. The Morgan fingerprint density at radius 1 is 1.17 bits per heavy atom. The number of ether oxygens (including phenoxy) is 1. The Morgan fingerprint density at radius 3 is 2.66 bits per heavy atom. The van der Waals surface area contributed by atoms with E-state index >= 15 is 0 Å². The van der Waals surface area contributed by atoms with Crippen molar-refractivity contribution in [3.05, 3.63) is 71.7 Å². The molecule has 2 N–H and O–H groups in total. The lowest BCUT2D eigenvalue weighted by Crippen LogP contribution is -2.28. The normalized spacial score (nSPS) is 11.2. The fourth-order valence-electron chi connectivity index (χ4n) is 2.83. The minimum atomic E-state index is -0.981. The van der Waals surface area contributed by atoms with Gasteiger partial charge in [-0.3, -0.25) is 9.78 Å². The van der Waals surface area contributed by atoms with Crippen molar-refractivity contribution in [2.24, 2.45) is 0 Å². The summed E-state index contributed by atoms with van der Waals surface area (Å²) in [5.41, 5.74) is 2.34. The summed E-state index contributed by atoms with van der Waals surface area (Å²) in [4.78, 5) is 20.4. The number of benzene rings is 1. The molecule has 0 bridgehead atoms. The summed E-state index contributed by atoms with van der Waals surface area (Å²) in [6, 6.07) is 14.8. The molecule has 0 aliphatic heterocycles. The molecule has 6 nitrogen and oxygen atoms in total. The highest BCUT2D eigenvalue weighted by molar-refractivity contribution is 5.81. The van der Waals surface area contributed by atoms with Gasteiger partial charge in [-0.15, -0.1) is 0 Å². The Labute approximate surface area is 170 Å². The maximum absolute atomic E-state index is 11.5. The Kier molecular flexibility index (Phi) is 5.82. The lowest BCUT2D eigenvalue weighted by molar-refractivity contribution is -0.142. The Morgan fingerprint density at radius 2 is 1.97 bits per heavy atom. The Hall–Kier alpha value is -3.41. The second-order valence-electron chi connectivity index (χ2n) is 7.35. The minimum Gasteiger partial charge on any atom is -0.481 e. The molecule has 6 heteroatoms. The van der Waals surface area contributed by atoms with Crippen LogP contribution in [0, 0.1) is 6.92 Å². The van der Waals surface area contributed by atoms with Gasteiger partial charge in [0, 0.05) is 23.6 Å². The molecule has 0 atom stereocenters. The van der Waals surface area contributed by atoms with Crippen LogP contribution in [0.15, 0.2) is 54.7 Å². The molecule has 0 spiro atoms. The summed E-state index contributed by atoms with van der Waals surface area (Å²) in [5, 5.41) is 12.7. The van der Waals surface area contributed by atoms with Gasteiger partial charge in [0.05, 0.1) is 11.1 Å². The van der Waals surface area contributed by atoms with Crippen LogP contribution in [0.4, 0.5) is 11.5 Å². The van der Waals surface area contributed by atoms with E-state index in [0.717, 1.165) is 23.5 Å². The van der Waals surface area contributed by atoms with Crippen LogP contribution in [0.3, 0.4) is 0 Å². The van der Waals surface area contributed by atoms with Crippen molar-refractivity contribution in [3.63, 3.8) is 0 Å². The number of anilines is 2. The van der Waals surface area contributed by atoms with Gasteiger partial charge in [-0.05, 0) is 63.1 Å². The quantitative estimate of drug-likeness (QED) is 0.572. The fraction of sp³-hybridized carbons (Fsp3) is 0.261. The van der Waals surface area contributed by atoms with Crippen LogP contribution in [0.1, 0.15) is 37.7 Å². The molecular formula is C23H25N3O3. The van der Waals surface area contributed by atoms with E-state index in [1.165, 1.54) is 0 Å². The number of carboxylic acid groups (broad SMARTS) is 1. The van der Waals surface area contributed by atoms with Gasteiger partial charge in [0.1, 0.15) is 17.3 Å². The van der Waals surface area contributed by atoms with Crippen molar-refractivity contribution in [3.8, 4) is 11.5 Å². The largest absolute Gasteiger partial charge is 0.481 e. The van der Waals surface area contributed by atoms with Crippen molar-refractivity contribution in [1.82, 2.24) is 9.97 Å². The first-order valence-electron chi connectivity index (χ1n) is 9.51. The highest BCUT2D eigenvalue weighted by Gasteiger charge is 2.29. The number of hydrogen-bond donors (Lipinski definition) is 2. The second-order valence-corrected chi connectivity index (χ2v) is 7.35. The van der Waals surface area contributed by atoms with E-state index in [1.807, 2.05) is 43.3 Å². The summed E-state index contributed by atoms with van der Waals surface area (Å²) < 4.78 is 5.98. The van der Waals surface area contributed by atoms with Gasteiger partial charge in [-0.1, -0.05) is 19.1 Å². The zero-order chi connectivity index (χ0) is 21.0. The molecule has 0 fully saturated rings. The Bertz CT molecular complexity index is 1030. The summed E-state index contributed by atoms with van der Waals surface area (Å²) in [7, 11) is 0. The van der Waals surface area contributed by atoms with E-state index < -0.39 is 11.4 Å². The van der Waals surface area contributed by atoms with Gasteiger partial charge in [0.15, 0.2) is 0 Å². The van der Waals surface area contributed by atoms with Gasteiger partial charge >= 0.3 is 5.97 Å². The smallest absolute Gasteiger partial charge is 0.313 e. The van der Waals surface area contributed by atoms with E-state index in [2.05, 4.69) is 22.2 Å². The third kappa shape index (κ3) is 4.71. The summed E-state index contributed by atoms with van der Waals surface area (Å²) >= 11 is 0. The fourth-order valence-corrected chi connectivity index (χ4v) is 2.83. The molecule has 0 saturated heterocycles. The van der Waals surface area contributed by atoms with Crippen LogP contribution < -0.4 is 10.1 Å². The predicted molar refractivity (Wildman–Crippen MR) is 113 cm³/mol. The first-order valence-corrected chi connectivity index (χ1v) is 9.51. The third-order valence-corrected chi connectivity index (χ3v) is 4.81. The molecule has 3 aromatic rings. The zero-order valence-corrected chi connectivity index (χ0v) is 17.1. The number of aromatic nitrogens is 2. The molecule has 2 aromatic heterocycles. The van der Waals surface area contributed by atoms with Crippen LogP contribution in [0.25, 0.3) is 0 Å². The summed E-state index contributed by atoms with van der Waals surface area (Å²) in [5.74, 6) is 1.06. The predicted octanol–water partition coefficient (Wildman–Crippen LogP) is 5.25. The van der Waals surface area contributed by atoms with Crippen molar-refractivity contribution in [1.29, 1.82) is 0 Å². The van der Waals surface area contributed by atoms with E-state index in [0.29, 0.717) is 22.9 Å². The number of pyridine rings is 2. The summed E-state index contributed by atoms with van der Waals surface area (Å²) in [6.45, 7) is 7.35. The number of hydrogen-bond acceptors (Lipinski definition) is 5. The van der Waals surface area contributed by atoms with Gasteiger partial charge in [0.2, 0.25) is 0 Å². The molecule has 2 heterocycles. The number of nitrogens with one attached hydrogen (secondary N) is 1. The minimum absolute atomic E-state index is 0.601. The van der Waals surface area contributed by atoms with Gasteiger partial charge in [0.25, 0.3) is 0 Å². The second kappa shape index (κ2) is 8.31. The number of carbonyl (C=O) groups is 1. The monoisotopic (exact) mass is 391 g/mol. The van der Waals surface area contributed by atoms with Crippen LogP contribution in [-0.2, 0) is 16.6 Å². The molecule has 0 amide bonds. The average Bonchev–Trinajstić information content (AvgIpc) is 2.70. The van der Waals surface area contributed by atoms with Crippen molar-refractivity contribution in [2.75, 3.05) is 5.32 Å². The molecule has 0 unspecified atom stereocenters. The molecule has 0 saturated carbocycles. The number of rotatable bonds is 7. The van der Waals surface area contributed by atoms with Crippen molar-refractivity contribution in [2.45, 2.75) is 39.5 Å². The topological polar surface area (TPSA) is 84.3 Å². The van der Waals surface area contributed by atoms with Crippen LogP contribution in [0.5, 0.6) is 11.5 Å². The van der Waals surface area contributed by atoms with E-state index in [1.54, 1.807) is 32.2 Å². The molecule has 3 rings (SSSR count). The van der Waals surface area contributed by atoms with Gasteiger partial charge in [-0.2, -0.15) is 0 Å². The molecule has 1 aromatic carbocycles. The number of aliphatic carboxylic acids is 1. The molecular weight excluding hydrogens is 366 g/mol. The maximum Gasteiger partial charge on any atom is 0.313 e. The highest BCUT2D eigenvalue weighted by atomic mass is 16.5. The Balaban J connectivity index is 1.80. The standard InChI is InChI=1S/C23H25N3O3/c1-5-17-9-10-20(15(2)25-17)29-19-11-12-24-21(14-19)26-18-8-6-7-16(13-18)23(3,4)22(27)28/h6-14H,5H2,1-4H3,(H,24,26)(H,27,28). The van der Waals surface area contributed by atoms with Crippen LogP contribution >= 0.6 is 0 Å². The SMILES string of the molecule is CCc1ccc(Oc2ccnc(Nc3cccc(C(C)(C)C(=O)O)c3)c2)c(C)n1. The highest BCUT2D eigenvalue weighted by Crippen LogP contribution is 2.29. The van der Waals surface area contributed by atoms with Crippen molar-refractivity contribution < 1.29 is 14.6 Å². The average molecular weight is 391 g/mol. The lowest BCUT2D eigenvalue weighted by atomic mass is 9.84.